The van der Waals surface area contributed by atoms with Gasteiger partial charge in [0.2, 0.25) is 11.8 Å². The summed E-state index contributed by atoms with van der Waals surface area (Å²) in [4.78, 5) is 44.5. The zero-order valence-corrected chi connectivity index (χ0v) is 32.1. The Balaban J connectivity index is 0.875. The number of nitrogens with zero attached hydrogens (tertiary/aromatic N) is 5. The topological polar surface area (TPSA) is 122 Å². The number of thiocarbonyl (C=S) groups is 1. The van der Waals surface area contributed by atoms with E-state index in [1.807, 2.05) is 12.1 Å². The number of carbonyl (C=O) groups excluding carboxylic acids is 3. The first-order valence-corrected chi connectivity index (χ1v) is 19.1. The van der Waals surface area contributed by atoms with Gasteiger partial charge in [0, 0.05) is 61.8 Å². The van der Waals surface area contributed by atoms with Gasteiger partial charge in [-0.3, -0.25) is 29.5 Å². The predicted octanol–water partition coefficient (Wildman–Crippen LogP) is 6.53. The lowest BCUT2D eigenvalue weighted by molar-refractivity contribution is -0.138. The summed E-state index contributed by atoms with van der Waals surface area (Å²) in [5.41, 5.74) is -0.365. The minimum absolute atomic E-state index is 0.0188. The maximum atomic E-state index is 15.4. The Morgan fingerprint density at radius 1 is 0.982 bits per heavy atom. The van der Waals surface area contributed by atoms with Crippen molar-refractivity contribution in [3.05, 3.63) is 88.9 Å². The number of furan rings is 1. The molecular formula is C41H40F4N6O5S. The van der Waals surface area contributed by atoms with Gasteiger partial charge in [-0.1, -0.05) is 12.1 Å². The molecule has 0 radical (unpaired) electrons. The molecule has 298 valence electrons. The molecule has 3 aromatic carbocycles. The molecule has 16 heteroatoms. The number of piperidine rings is 1. The van der Waals surface area contributed by atoms with Gasteiger partial charge < -0.3 is 19.0 Å². The second-order valence-corrected chi connectivity index (χ2v) is 15.3. The minimum atomic E-state index is -4.83. The van der Waals surface area contributed by atoms with Crippen LogP contribution >= 0.6 is 12.2 Å². The number of hydrogen-bond donors (Lipinski definition) is 1. The number of carbonyl (C=O) groups is 3. The molecule has 0 aliphatic carbocycles. The lowest BCUT2D eigenvalue weighted by Gasteiger charge is -2.34. The number of fused-ring (bicyclic) bond motifs is 1. The standard InChI is InChI=1S/C41H40F4N6O5S/c1-40(2)38(54)50(27-7-6-26(23-46)32(21-27)41(43,44)45)39(57)51(40)28-8-11-34(33(42)22-28)55-19-18-49-16-14-48(15-17-49)13-3-4-25-5-9-29-31(24-56-35(29)20-25)30-10-12-36(52)47-37(30)53/h5-9,11,20-22,24,30H,3-4,10,12-19H2,1-2H3,(H,47,52,53)/t30-/m0/s1. The Bertz CT molecular complexity index is 2280. The van der Waals surface area contributed by atoms with E-state index in [2.05, 4.69) is 21.2 Å². The fraction of sp³-hybridized carbons (Fsp3) is 0.390. The number of ether oxygens (including phenoxy) is 1. The molecule has 4 heterocycles. The lowest BCUT2D eigenvalue weighted by atomic mass is 9.90. The first-order chi connectivity index (χ1) is 27.1. The van der Waals surface area contributed by atoms with E-state index < -0.39 is 40.5 Å². The average molecular weight is 805 g/mol. The quantitative estimate of drug-likeness (QED) is 0.102. The fourth-order valence-corrected chi connectivity index (χ4v) is 8.26. The van der Waals surface area contributed by atoms with Crippen LogP contribution in [0.1, 0.15) is 61.3 Å². The molecule has 0 unspecified atom stereocenters. The Morgan fingerprint density at radius 3 is 2.39 bits per heavy atom. The summed E-state index contributed by atoms with van der Waals surface area (Å²) in [6, 6.07) is 14.7. The Kier molecular flexibility index (Phi) is 11.1. The Labute approximate surface area is 331 Å². The number of aryl methyl sites for hydroxylation is 1. The van der Waals surface area contributed by atoms with E-state index in [0.717, 1.165) is 78.6 Å². The zero-order chi connectivity index (χ0) is 40.6. The first-order valence-electron chi connectivity index (χ1n) is 18.7. The zero-order valence-electron chi connectivity index (χ0n) is 31.3. The van der Waals surface area contributed by atoms with Crippen molar-refractivity contribution in [3.63, 3.8) is 0 Å². The molecule has 4 aromatic rings. The van der Waals surface area contributed by atoms with Crippen molar-refractivity contribution in [2.24, 2.45) is 0 Å². The van der Waals surface area contributed by atoms with Crippen molar-refractivity contribution < 1.29 is 41.1 Å². The van der Waals surface area contributed by atoms with Crippen LogP contribution in [0.15, 0.2) is 65.3 Å². The average Bonchev–Trinajstić information content (AvgIpc) is 3.66. The van der Waals surface area contributed by atoms with Crippen LogP contribution in [0.5, 0.6) is 5.75 Å². The van der Waals surface area contributed by atoms with Gasteiger partial charge in [-0.15, -0.1) is 0 Å². The van der Waals surface area contributed by atoms with Gasteiger partial charge in [0.1, 0.15) is 17.7 Å². The molecule has 3 saturated heterocycles. The SMILES string of the molecule is CC1(C)C(=O)N(c2ccc(C#N)c(C(F)(F)F)c2)C(=S)N1c1ccc(OCCN2CCN(CCCc3ccc4c([C@@H]5CCC(=O)NC5=O)coc4c3)CC2)c(F)c1. The van der Waals surface area contributed by atoms with Crippen molar-refractivity contribution in [1.29, 1.82) is 5.26 Å². The van der Waals surface area contributed by atoms with Crippen molar-refractivity contribution in [3.8, 4) is 11.8 Å². The second kappa shape index (κ2) is 15.9. The van der Waals surface area contributed by atoms with Crippen LogP contribution in [0, 0.1) is 17.1 Å². The summed E-state index contributed by atoms with van der Waals surface area (Å²) in [6.45, 7) is 8.30. The van der Waals surface area contributed by atoms with Gasteiger partial charge in [0.05, 0.1) is 35.1 Å². The van der Waals surface area contributed by atoms with Crippen LogP contribution in [0.2, 0.25) is 0 Å². The maximum Gasteiger partial charge on any atom is 0.417 e. The van der Waals surface area contributed by atoms with E-state index in [0.29, 0.717) is 25.5 Å². The number of nitrogens with one attached hydrogen (secondary N) is 1. The molecule has 1 atom stereocenters. The number of nitriles is 1. The van der Waals surface area contributed by atoms with E-state index in [9.17, 15) is 32.8 Å². The van der Waals surface area contributed by atoms with E-state index in [-0.39, 0.29) is 40.7 Å². The first kappa shape index (κ1) is 39.8. The van der Waals surface area contributed by atoms with E-state index in [1.165, 1.54) is 29.2 Å². The molecule has 3 aliphatic rings. The van der Waals surface area contributed by atoms with Crippen molar-refractivity contribution in [2.45, 2.75) is 57.2 Å². The molecule has 57 heavy (non-hydrogen) atoms. The van der Waals surface area contributed by atoms with Gasteiger partial charge >= 0.3 is 6.18 Å². The van der Waals surface area contributed by atoms with Crippen LogP contribution in [0.3, 0.4) is 0 Å². The van der Waals surface area contributed by atoms with Crippen LogP contribution in [0.25, 0.3) is 11.0 Å². The Morgan fingerprint density at radius 2 is 1.70 bits per heavy atom. The van der Waals surface area contributed by atoms with Crippen molar-refractivity contribution in [2.75, 3.05) is 55.7 Å². The largest absolute Gasteiger partial charge is 0.489 e. The predicted molar refractivity (Wildman–Crippen MR) is 207 cm³/mol. The highest BCUT2D eigenvalue weighted by molar-refractivity contribution is 7.81. The number of amides is 3. The molecule has 7 rings (SSSR count). The molecule has 0 bridgehead atoms. The Hall–Kier alpha value is -5.37. The summed E-state index contributed by atoms with van der Waals surface area (Å²) in [7, 11) is 0. The van der Waals surface area contributed by atoms with Crippen LogP contribution < -0.4 is 19.9 Å². The summed E-state index contributed by atoms with van der Waals surface area (Å²) in [5.74, 6) is -2.19. The second-order valence-electron chi connectivity index (χ2n) is 14.9. The molecule has 3 aliphatic heterocycles. The summed E-state index contributed by atoms with van der Waals surface area (Å²) >= 11 is 5.56. The number of piperazine rings is 1. The number of benzene rings is 3. The molecule has 11 nitrogen and oxygen atoms in total. The number of hydrogen-bond acceptors (Lipinski definition) is 9. The molecule has 3 amide bonds. The molecule has 0 spiro atoms. The smallest absolute Gasteiger partial charge is 0.417 e. The van der Waals surface area contributed by atoms with Crippen LogP contribution in [-0.2, 0) is 27.0 Å². The number of halogens is 4. The van der Waals surface area contributed by atoms with Gasteiger partial charge in [0.25, 0.3) is 5.91 Å². The van der Waals surface area contributed by atoms with Crippen LogP contribution in [-0.4, -0.2) is 84.0 Å². The monoisotopic (exact) mass is 804 g/mol. The molecule has 1 N–H and O–H groups in total. The number of anilines is 2. The highest BCUT2D eigenvalue weighted by atomic mass is 32.1. The lowest BCUT2D eigenvalue weighted by Crippen LogP contribution is -2.47. The molecule has 3 fully saturated rings. The molecular weight excluding hydrogens is 765 g/mol. The fourth-order valence-electron chi connectivity index (χ4n) is 7.74. The number of rotatable bonds is 11. The summed E-state index contributed by atoms with van der Waals surface area (Å²) in [6.07, 6.45) is -0.580. The number of alkyl halides is 3. The van der Waals surface area contributed by atoms with E-state index >= 15 is 4.39 Å². The number of imide groups is 1. The van der Waals surface area contributed by atoms with Gasteiger partial charge in [0.15, 0.2) is 16.7 Å². The maximum absolute atomic E-state index is 15.4. The summed E-state index contributed by atoms with van der Waals surface area (Å²) < 4.78 is 68.1. The van der Waals surface area contributed by atoms with Crippen molar-refractivity contribution >= 4 is 57.4 Å². The third-order valence-corrected chi connectivity index (χ3v) is 11.2. The molecule has 1 aromatic heterocycles. The van der Waals surface area contributed by atoms with Crippen LogP contribution in [0.4, 0.5) is 28.9 Å². The normalized spacial score (nSPS) is 19.4. The van der Waals surface area contributed by atoms with Gasteiger partial charge in [-0.25, -0.2) is 4.39 Å². The van der Waals surface area contributed by atoms with E-state index in [4.69, 9.17) is 21.4 Å². The van der Waals surface area contributed by atoms with Gasteiger partial charge in [-0.2, -0.15) is 18.4 Å². The van der Waals surface area contributed by atoms with Gasteiger partial charge in [-0.05, 0) is 93.8 Å². The highest BCUT2D eigenvalue weighted by Crippen LogP contribution is 2.40. The third-order valence-electron chi connectivity index (χ3n) is 10.9. The highest BCUT2D eigenvalue weighted by Gasteiger charge is 2.51. The summed E-state index contributed by atoms with van der Waals surface area (Å²) in [5, 5.41) is 12.4. The minimum Gasteiger partial charge on any atom is -0.489 e. The molecule has 0 saturated carbocycles. The van der Waals surface area contributed by atoms with Crippen molar-refractivity contribution in [1.82, 2.24) is 15.1 Å². The third kappa shape index (κ3) is 8.09. The van der Waals surface area contributed by atoms with E-state index in [1.54, 1.807) is 26.2 Å².